The summed E-state index contributed by atoms with van der Waals surface area (Å²) >= 11 is 0. The van der Waals surface area contributed by atoms with E-state index in [0.717, 1.165) is 34.5 Å². The summed E-state index contributed by atoms with van der Waals surface area (Å²) < 4.78 is 7.64. The van der Waals surface area contributed by atoms with Crippen LogP contribution < -0.4 is 10.1 Å². The molecule has 1 N–H and O–H groups in total. The van der Waals surface area contributed by atoms with Crippen LogP contribution in [0.4, 0.5) is 0 Å². The number of fused-ring (bicyclic) bond motifs is 1. The minimum atomic E-state index is -0.141. The monoisotopic (exact) mass is 323 g/mol. The van der Waals surface area contributed by atoms with Crippen molar-refractivity contribution in [3.63, 3.8) is 0 Å². The number of carbonyl (C=O) groups is 1. The summed E-state index contributed by atoms with van der Waals surface area (Å²) in [5.74, 6) is 0.594. The van der Waals surface area contributed by atoms with Gasteiger partial charge in [0.25, 0.3) is 5.91 Å². The van der Waals surface area contributed by atoms with E-state index < -0.39 is 0 Å². The van der Waals surface area contributed by atoms with Crippen LogP contribution >= 0.6 is 0 Å². The number of benzene rings is 2. The average Bonchev–Trinajstić information content (AvgIpc) is 3.01. The van der Waals surface area contributed by atoms with Crippen LogP contribution in [-0.2, 0) is 17.9 Å². The van der Waals surface area contributed by atoms with Gasteiger partial charge in [0.15, 0.2) is 6.61 Å². The molecule has 0 aliphatic carbocycles. The molecule has 1 heterocycles. The van der Waals surface area contributed by atoms with Crippen molar-refractivity contribution >= 4 is 16.9 Å². The number of imidazole rings is 1. The number of hydrogen-bond acceptors (Lipinski definition) is 3. The normalized spacial score (nSPS) is 10.8. The zero-order chi connectivity index (χ0) is 16.9. The molecule has 0 saturated carbocycles. The van der Waals surface area contributed by atoms with Crippen LogP contribution in [0, 0.1) is 6.92 Å². The van der Waals surface area contributed by atoms with Gasteiger partial charge in [-0.1, -0.05) is 24.3 Å². The molecule has 0 atom stereocenters. The molecule has 124 valence electrons. The first-order valence-corrected chi connectivity index (χ1v) is 8.06. The highest BCUT2D eigenvalue weighted by molar-refractivity contribution is 5.78. The predicted molar refractivity (Wildman–Crippen MR) is 93.9 cm³/mol. The van der Waals surface area contributed by atoms with Gasteiger partial charge in [0, 0.05) is 13.1 Å². The molecule has 0 bridgehead atoms. The van der Waals surface area contributed by atoms with E-state index in [-0.39, 0.29) is 12.5 Å². The largest absolute Gasteiger partial charge is 0.484 e. The summed E-state index contributed by atoms with van der Waals surface area (Å²) in [6.07, 6.45) is 1.84. The summed E-state index contributed by atoms with van der Waals surface area (Å²) in [5.41, 5.74) is 4.09. The van der Waals surface area contributed by atoms with Gasteiger partial charge in [0.1, 0.15) is 5.75 Å². The molecule has 24 heavy (non-hydrogen) atoms. The maximum Gasteiger partial charge on any atom is 0.258 e. The molecule has 5 heteroatoms. The van der Waals surface area contributed by atoms with E-state index in [1.54, 1.807) is 0 Å². The number of nitrogens with zero attached hydrogens (tertiary/aromatic N) is 2. The summed E-state index contributed by atoms with van der Waals surface area (Å²) in [7, 11) is 0. The molecule has 0 radical (unpaired) electrons. The number of aryl methyl sites for hydroxylation is 2. The van der Waals surface area contributed by atoms with Gasteiger partial charge in [-0.2, -0.15) is 0 Å². The Bertz CT molecular complexity index is 855. The van der Waals surface area contributed by atoms with E-state index in [9.17, 15) is 4.79 Å². The lowest BCUT2D eigenvalue weighted by molar-refractivity contribution is -0.123. The lowest BCUT2D eigenvalue weighted by Crippen LogP contribution is -2.28. The van der Waals surface area contributed by atoms with Gasteiger partial charge >= 0.3 is 0 Å². The highest BCUT2D eigenvalue weighted by Crippen LogP contribution is 2.16. The zero-order valence-electron chi connectivity index (χ0n) is 14.0. The van der Waals surface area contributed by atoms with Crippen molar-refractivity contribution in [2.75, 3.05) is 6.61 Å². The number of carbonyl (C=O) groups excluding carboxylic acids is 1. The van der Waals surface area contributed by atoms with Gasteiger partial charge in [-0.05, 0) is 43.2 Å². The number of ether oxygens (including phenoxy) is 1. The van der Waals surface area contributed by atoms with Crippen molar-refractivity contribution < 1.29 is 9.53 Å². The number of aromatic nitrogens is 2. The third-order valence-corrected chi connectivity index (χ3v) is 3.97. The molecule has 0 aliphatic rings. The van der Waals surface area contributed by atoms with Crippen LogP contribution in [0.1, 0.15) is 18.1 Å². The molecule has 0 fully saturated rings. The minimum Gasteiger partial charge on any atom is -0.484 e. The SMILES string of the molecule is CCn1cnc2cc(CNC(=O)COc3ccccc3C)ccc21. The van der Waals surface area contributed by atoms with E-state index in [1.807, 2.05) is 55.7 Å². The Morgan fingerprint density at radius 1 is 1.25 bits per heavy atom. The van der Waals surface area contributed by atoms with Gasteiger partial charge in [-0.25, -0.2) is 4.98 Å². The fraction of sp³-hybridized carbons (Fsp3) is 0.263. The second-order valence-electron chi connectivity index (χ2n) is 5.68. The number of rotatable bonds is 6. The van der Waals surface area contributed by atoms with Gasteiger partial charge < -0.3 is 14.6 Å². The fourth-order valence-electron chi connectivity index (χ4n) is 2.58. The Morgan fingerprint density at radius 3 is 2.88 bits per heavy atom. The van der Waals surface area contributed by atoms with Crippen molar-refractivity contribution in [3.8, 4) is 5.75 Å². The van der Waals surface area contributed by atoms with Crippen LogP contribution in [0.2, 0.25) is 0 Å². The molecule has 0 unspecified atom stereocenters. The topological polar surface area (TPSA) is 56.2 Å². The van der Waals surface area contributed by atoms with E-state index in [0.29, 0.717) is 6.54 Å². The van der Waals surface area contributed by atoms with Crippen LogP contribution in [-0.4, -0.2) is 22.1 Å². The Labute approximate surface area is 141 Å². The van der Waals surface area contributed by atoms with Crippen LogP contribution in [0.5, 0.6) is 5.75 Å². The average molecular weight is 323 g/mol. The zero-order valence-corrected chi connectivity index (χ0v) is 14.0. The Hall–Kier alpha value is -2.82. The highest BCUT2D eigenvalue weighted by Gasteiger charge is 2.06. The van der Waals surface area contributed by atoms with Crippen molar-refractivity contribution in [1.82, 2.24) is 14.9 Å². The van der Waals surface area contributed by atoms with E-state index >= 15 is 0 Å². The number of para-hydroxylation sites is 1. The molecular weight excluding hydrogens is 302 g/mol. The number of hydrogen-bond donors (Lipinski definition) is 1. The minimum absolute atomic E-state index is 0.0115. The molecular formula is C19H21N3O2. The quantitative estimate of drug-likeness (QED) is 0.758. The Kier molecular flexibility index (Phi) is 4.79. The maximum atomic E-state index is 12.0. The second kappa shape index (κ2) is 7.17. The van der Waals surface area contributed by atoms with E-state index in [4.69, 9.17) is 4.74 Å². The summed E-state index contributed by atoms with van der Waals surface area (Å²) in [5, 5.41) is 2.88. The van der Waals surface area contributed by atoms with Gasteiger partial charge in [0.05, 0.1) is 17.4 Å². The molecule has 0 spiro atoms. The Morgan fingerprint density at radius 2 is 2.08 bits per heavy atom. The molecule has 1 aromatic heterocycles. The summed E-state index contributed by atoms with van der Waals surface area (Å²) in [6, 6.07) is 13.7. The number of amides is 1. The molecule has 1 amide bonds. The molecule has 3 aromatic rings. The van der Waals surface area contributed by atoms with Crippen molar-refractivity contribution in [3.05, 3.63) is 59.9 Å². The molecule has 5 nitrogen and oxygen atoms in total. The van der Waals surface area contributed by atoms with Gasteiger partial charge in [-0.3, -0.25) is 4.79 Å². The van der Waals surface area contributed by atoms with Crippen LogP contribution in [0.15, 0.2) is 48.8 Å². The second-order valence-corrected chi connectivity index (χ2v) is 5.68. The lowest BCUT2D eigenvalue weighted by Gasteiger charge is -2.09. The Balaban J connectivity index is 1.55. The fourth-order valence-corrected chi connectivity index (χ4v) is 2.58. The molecule has 3 rings (SSSR count). The van der Waals surface area contributed by atoms with Gasteiger partial charge in [0.2, 0.25) is 0 Å². The smallest absolute Gasteiger partial charge is 0.258 e. The van der Waals surface area contributed by atoms with Crippen LogP contribution in [0.25, 0.3) is 11.0 Å². The van der Waals surface area contributed by atoms with Gasteiger partial charge in [-0.15, -0.1) is 0 Å². The van der Waals surface area contributed by atoms with Crippen molar-refractivity contribution in [2.24, 2.45) is 0 Å². The van der Waals surface area contributed by atoms with Crippen molar-refractivity contribution in [1.29, 1.82) is 0 Å². The third-order valence-electron chi connectivity index (χ3n) is 3.97. The summed E-state index contributed by atoms with van der Waals surface area (Å²) in [6.45, 7) is 5.41. The molecule has 2 aromatic carbocycles. The molecule has 0 saturated heterocycles. The van der Waals surface area contributed by atoms with E-state index in [2.05, 4.69) is 21.8 Å². The first-order chi connectivity index (χ1) is 11.7. The first-order valence-electron chi connectivity index (χ1n) is 8.06. The lowest BCUT2D eigenvalue weighted by atomic mass is 10.2. The standard InChI is InChI=1S/C19H21N3O2/c1-3-22-13-21-16-10-15(8-9-17(16)22)11-20-19(23)12-24-18-7-5-4-6-14(18)2/h4-10,13H,3,11-12H2,1-2H3,(H,20,23). The van der Waals surface area contributed by atoms with Crippen LogP contribution in [0.3, 0.4) is 0 Å². The van der Waals surface area contributed by atoms with E-state index in [1.165, 1.54) is 0 Å². The maximum absolute atomic E-state index is 12.0. The highest BCUT2D eigenvalue weighted by atomic mass is 16.5. The molecule has 0 aliphatic heterocycles. The first kappa shape index (κ1) is 16.1. The third kappa shape index (κ3) is 3.56. The number of nitrogens with one attached hydrogen (secondary N) is 1. The van der Waals surface area contributed by atoms with Crippen molar-refractivity contribution in [2.45, 2.75) is 26.9 Å². The predicted octanol–water partition coefficient (Wildman–Crippen LogP) is 3.06. The summed E-state index contributed by atoms with van der Waals surface area (Å²) in [4.78, 5) is 16.3.